The first kappa shape index (κ1) is 22.0. The lowest BCUT2D eigenvalue weighted by atomic mass is 10.0. The minimum atomic E-state index is -0.488. The van der Waals surface area contributed by atoms with Crippen LogP contribution < -0.4 is 4.74 Å². The summed E-state index contributed by atoms with van der Waals surface area (Å²) in [7, 11) is 0. The molecular formula is C26H26ClN3O3S. The van der Waals surface area contributed by atoms with Gasteiger partial charge >= 0.3 is 0 Å². The zero-order valence-electron chi connectivity index (χ0n) is 19.0. The van der Waals surface area contributed by atoms with Crippen LogP contribution in [0.3, 0.4) is 0 Å². The highest BCUT2D eigenvalue weighted by atomic mass is 35.5. The molecule has 0 amide bonds. The van der Waals surface area contributed by atoms with E-state index in [2.05, 4.69) is 14.9 Å². The van der Waals surface area contributed by atoms with E-state index in [1.54, 1.807) is 17.5 Å². The molecule has 34 heavy (non-hydrogen) atoms. The number of likely N-dealkylation sites (tertiary alicyclic amines) is 1. The molecule has 1 aromatic carbocycles. The molecular weight excluding hydrogens is 470 g/mol. The number of benzene rings is 1. The summed E-state index contributed by atoms with van der Waals surface area (Å²) in [5.41, 5.74) is 4.84. The lowest BCUT2D eigenvalue weighted by molar-refractivity contribution is 0.177. The van der Waals surface area contributed by atoms with Crippen LogP contribution in [0.4, 0.5) is 0 Å². The fraction of sp³-hybridized carbons (Fsp3) is 0.385. The van der Waals surface area contributed by atoms with Gasteiger partial charge in [0.15, 0.2) is 18.3 Å². The summed E-state index contributed by atoms with van der Waals surface area (Å²) in [6, 6.07) is 7.91. The standard InChI is InChI=1S/C26H26ClN3O3S/c1-2-21(31)23-12-19-26(34-23)17(5-6-28-19)18-11-16(27)9-15-10-22(33-24(15)18)25-20(29-14-32-25)13-30-7-3-4-8-30/h5-6,9,11-12,14,21-22,31H,2-4,7-8,10,13H2,1H3. The molecule has 6 nitrogen and oxygen atoms in total. The Morgan fingerprint density at radius 1 is 1.21 bits per heavy atom. The van der Waals surface area contributed by atoms with E-state index >= 15 is 0 Å². The number of aliphatic hydroxyl groups is 1. The fourth-order valence-electron chi connectivity index (χ4n) is 5.02. The molecule has 0 spiro atoms. The zero-order chi connectivity index (χ0) is 23.2. The summed E-state index contributed by atoms with van der Waals surface area (Å²) in [6.45, 7) is 4.97. The Morgan fingerprint density at radius 3 is 2.88 bits per heavy atom. The topological polar surface area (TPSA) is 71.6 Å². The van der Waals surface area contributed by atoms with Gasteiger partial charge < -0.3 is 14.3 Å². The predicted molar refractivity (Wildman–Crippen MR) is 133 cm³/mol. The molecule has 2 atom stereocenters. The molecule has 3 aromatic heterocycles. The van der Waals surface area contributed by atoms with Crippen LogP contribution in [0.1, 0.15) is 60.3 Å². The van der Waals surface area contributed by atoms with Crippen LogP contribution in [-0.4, -0.2) is 33.1 Å². The third-order valence-corrected chi connectivity index (χ3v) is 8.25. The maximum Gasteiger partial charge on any atom is 0.181 e. The van der Waals surface area contributed by atoms with Crippen molar-refractivity contribution in [1.82, 2.24) is 14.9 Å². The molecule has 4 aromatic rings. The van der Waals surface area contributed by atoms with Crippen LogP contribution in [-0.2, 0) is 13.0 Å². The van der Waals surface area contributed by atoms with Gasteiger partial charge in [-0.15, -0.1) is 11.3 Å². The number of aliphatic hydroxyl groups excluding tert-OH is 1. The number of oxazole rings is 1. The van der Waals surface area contributed by atoms with Crippen molar-refractivity contribution in [3.63, 3.8) is 0 Å². The molecule has 176 valence electrons. The minimum Gasteiger partial charge on any atom is -0.481 e. The summed E-state index contributed by atoms with van der Waals surface area (Å²) in [4.78, 5) is 12.4. The van der Waals surface area contributed by atoms with Gasteiger partial charge in [-0.25, -0.2) is 4.98 Å². The predicted octanol–water partition coefficient (Wildman–Crippen LogP) is 6.32. The van der Waals surface area contributed by atoms with Crippen molar-refractivity contribution in [3.8, 4) is 16.9 Å². The third-order valence-electron chi connectivity index (χ3n) is 6.77. The monoisotopic (exact) mass is 495 g/mol. The Labute approximate surface area is 207 Å². The van der Waals surface area contributed by atoms with Crippen molar-refractivity contribution < 1.29 is 14.3 Å². The van der Waals surface area contributed by atoms with E-state index in [9.17, 15) is 5.11 Å². The average molecular weight is 496 g/mol. The largest absolute Gasteiger partial charge is 0.481 e. The number of hydrogen-bond donors (Lipinski definition) is 1. The normalized spacial score (nSPS) is 19.0. The van der Waals surface area contributed by atoms with Gasteiger partial charge in [0.1, 0.15) is 11.4 Å². The Bertz CT molecular complexity index is 1340. The van der Waals surface area contributed by atoms with Crippen LogP contribution in [0.25, 0.3) is 21.3 Å². The van der Waals surface area contributed by atoms with Gasteiger partial charge in [-0.05, 0) is 56.6 Å². The van der Waals surface area contributed by atoms with Crippen LogP contribution in [0.15, 0.2) is 41.3 Å². The summed E-state index contributed by atoms with van der Waals surface area (Å²) in [5.74, 6) is 1.63. The first-order chi connectivity index (χ1) is 16.6. The molecule has 1 saturated heterocycles. The minimum absolute atomic E-state index is 0.231. The molecule has 8 heteroatoms. The second-order valence-corrected chi connectivity index (χ2v) is 10.6. The summed E-state index contributed by atoms with van der Waals surface area (Å²) >= 11 is 8.15. The van der Waals surface area contributed by atoms with Crippen LogP contribution in [0, 0.1) is 0 Å². The van der Waals surface area contributed by atoms with Crippen LogP contribution in [0.5, 0.6) is 5.75 Å². The molecule has 0 aliphatic carbocycles. The van der Waals surface area contributed by atoms with Gasteiger partial charge in [-0.1, -0.05) is 18.5 Å². The SMILES string of the molecule is CCC(O)c1cc2nccc(-c3cc(Cl)cc4c3OC(c3ocnc3CN3CCCC3)C4)c2s1. The van der Waals surface area contributed by atoms with Crippen molar-refractivity contribution in [1.29, 1.82) is 0 Å². The molecule has 6 rings (SSSR count). The van der Waals surface area contributed by atoms with Gasteiger partial charge in [0, 0.05) is 45.8 Å². The number of nitrogens with zero attached hydrogens (tertiary/aromatic N) is 3. The van der Waals surface area contributed by atoms with E-state index in [0.29, 0.717) is 17.9 Å². The second kappa shape index (κ2) is 8.96. The summed E-state index contributed by atoms with van der Waals surface area (Å²) in [5, 5.41) is 11.0. The van der Waals surface area contributed by atoms with E-state index in [0.717, 1.165) is 68.6 Å². The lowest BCUT2D eigenvalue weighted by Crippen LogP contribution is -2.20. The van der Waals surface area contributed by atoms with E-state index < -0.39 is 6.10 Å². The number of pyridine rings is 1. The van der Waals surface area contributed by atoms with E-state index in [-0.39, 0.29) is 6.10 Å². The highest BCUT2D eigenvalue weighted by Gasteiger charge is 2.33. The first-order valence-corrected chi connectivity index (χ1v) is 13.0. The number of rotatable bonds is 6. The summed E-state index contributed by atoms with van der Waals surface area (Å²) in [6.07, 6.45) is 6.43. The molecule has 0 saturated carbocycles. The van der Waals surface area contributed by atoms with Gasteiger partial charge in [0.25, 0.3) is 0 Å². The van der Waals surface area contributed by atoms with Crippen molar-refractivity contribution in [2.45, 2.75) is 51.4 Å². The number of hydrogen-bond acceptors (Lipinski definition) is 7. The number of aromatic nitrogens is 2. The number of ether oxygens (including phenoxy) is 1. The maximum atomic E-state index is 10.4. The third kappa shape index (κ3) is 3.90. The molecule has 0 radical (unpaired) electrons. The van der Waals surface area contributed by atoms with Gasteiger partial charge in [0.2, 0.25) is 0 Å². The van der Waals surface area contributed by atoms with Crippen LogP contribution in [0.2, 0.25) is 5.02 Å². The molecule has 0 bridgehead atoms. The maximum absolute atomic E-state index is 10.4. The molecule has 5 heterocycles. The lowest BCUT2D eigenvalue weighted by Gasteiger charge is -2.16. The second-order valence-electron chi connectivity index (χ2n) is 9.04. The highest BCUT2D eigenvalue weighted by Crippen LogP contribution is 2.48. The zero-order valence-corrected chi connectivity index (χ0v) is 20.5. The Hall–Kier alpha value is -2.45. The van der Waals surface area contributed by atoms with Crippen molar-refractivity contribution >= 4 is 33.2 Å². The fourth-order valence-corrected chi connectivity index (χ4v) is 6.47. The van der Waals surface area contributed by atoms with Crippen LogP contribution >= 0.6 is 22.9 Å². The van der Waals surface area contributed by atoms with Gasteiger partial charge in [-0.2, -0.15) is 0 Å². The number of halogens is 1. The Morgan fingerprint density at radius 2 is 2.06 bits per heavy atom. The Kier molecular flexibility index (Phi) is 5.81. The van der Waals surface area contributed by atoms with E-state index in [4.69, 9.17) is 20.8 Å². The van der Waals surface area contributed by atoms with Gasteiger partial charge in [-0.3, -0.25) is 9.88 Å². The van der Waals surface area contributed by atoms with Crippen molar-refractivity contribution in [3.05, 3.63) is 63.8 Å². The molecule has 2 aliphatic rings. The molecule has 1 N–H and O–H groups in total. The van der Waals surface area contributed by atoms with Crippen molar-refractivity contribution in [2.24, 2.45) is 0 Å². The Balaban J connectivity index is 1.37. The average Bonchev–Trinajstić information content (AvgIpc) is 3.63. The quantitative estimate of drug-likeness (QED) is 0.337. The van der Waals surface area contributed by atoms with E-state index in [1.807, 2.05) is 31.2 Å². The molecule has 2 unspecified atom stereocenters. The smallest absolute Gasteiger partial charge is 0.181 e. The highest BCUT2D eigenvalue weighted by molar-refractivity contribution is 7.19. The number of fused-ring (bicyclic) bond motifs is 2. The van der Waals surface area contributed by atoms with Crippen molar-refractivity contribution in [2.75, 3.05) is 13.1 Å². The first-order valence-electron chi connectivity index (χ1n) is 11.8. The van der Waals surface area contributed by atoms with Gasteiger partial charge in [0.05, 0.1) is 16.3 Å². The molecule has 2 aliphatic heterocycles. The molecule has 1 fully saturated rings. The summed E-state index contributed by atoms with van der Waals surface area (Å²) < 4.78 is 13.4. The number of thiophene rings is 1. The van der Waals surface area contributed by atoms with E-state index in [1.165, 1.54) is 19.2 Å².